The highest BCUT2D eigenvalue weighted by Gasteiger charge is 2.12. The normalized spacial score (nSPS) is 10.8. The van der Waals surface area contributed by atoms with Crippen molar-refractivity contribution in [2.45, 2.75) is 0 Å². The van der Waals surface area contributed by atoms with Crippen molar-refractivity contribution in [2.24, 2.45) is 0 Å². The number of para-hydroxylation sites is 1. The largest absolute Gasteiger partial charge is 0.396 e. The number of halogens is 2. The van der Waals surface area contributed by atoms with E-state index in [9.17, 15) is 0 Å². The summed E-state index contributed by atoms with van der Waals surface area (Å²) in [5.41, 5.74) is 8.07. The van der Waals surface area contributed by atoms with Gasteiger partial charge in [-0.25, -0.2) is 15.0 Å². The first-order valence-corrected chi connectivity index (χ1v) is 9.78. The third kappa shape index (κ3) is 4.34. The Labute approximate surface area is 178 Å². The first-order chi connectivity index (χ1) is 14.1. The van der Waals surface area contributed by atoms with E-state index in [1.807, 2.05) is 36.4 Å². The zero-order valence-corrected chi connectivity index (χ0v) is 16.9. The number of anilines is 3. The summed E-state index contributed by atoms with van der Waals surface area (Å²) in [6.07, 6.45) is 1.70. The number of hydrogen-bond donors (Lipinski definition) is 3. The molecule has 0 saturated heterocycles. The number of nitrogens with zero attached hydrogens (tertiary/aromatic N) is 3. The van der Waals surface area contributed by atoms with Gasteiger partial charge in [-0.05, 0) is 42.5 Å². The smallest absolute Gasteiger partial charge is 0.163 e. The molecule has 6 nitrogen and oxygen atoms in total. The molecule has 2 aromatic carbocycles. The topological polar surface area (TPSA) is 88.8 Å². The van der Waals surface area contributed by atoms with Crippen LogP contribution in [0.5, 0.6) is 0 Å². The monoisotopic (exact) mass is 424 g/mol. The number of rotatable bonds is 6. The van der Waals surface area contributed by atoms with E-state index in [1.165, 1.54) is 0 Å². The molecule has 0 aliphatic heterocycles. The molecule has 0 atom stereocenters. The third-order valence-corrected chi connectivity index (χ3v) is 4.87. The van der Waals surface area contributed by atoms with Crippen molar-refractivity contribution < 1.29 is 0 Å². The summed E-state index contributed by atoms with van der Waals surface area (Å²) < 4.78 is 0. The summed E-state index contributed by atoms with van der Waals surface area (Å²) in [6.45, 7) is 1.24. The number of nitrogens with two attached hydrogens (primary N) is 1. The van der Waals surface area contributed by atoms with Crippen LogP contribution in [0.25, 0.3) is 22.3 Å². The molecule has 2 aromatic heterocycles. The number of fused-ring (bicyclic) bond motifs is 1. The van der Waals surface area contributed by atoms with Crippen molar-refractivity contribution in [1.29, 1.82) is 0 Å². The lowest BCUT2D eigenvalue weighted by atomic mass is 10.2. The van der Waals surface area contributed by atoms with Gasteiger partial charge in [0.15, 0.2) is 5.82 Å². The van der Waals surface area contributed by atoms with Crippen LogP contribution in [0.4, 0.5) is 17.3 Å². The van der Waals surface area contributed by atoms with Gasteiger partial charge in [0, 0.05) is 35.3 Å². The maximum atomic E-state index is 6.36. The molecule has 8 heteroatoms. The molecule has 0 spiro atoms. The fourth-order valence-electron chi connectivity index (χ4n) is 2.93. The summed E-state index contributed by atoms with van der Waals surface area (Å²) in [7, 11) is 0. The van der Waals surface area contributed by atoms with Crippen LogP contribution in [0.3, 0.4) is 0 Å². The quantitative estimate of drug-likeness (QED) is 0.373. The molecule has 2 heterocycles. The predicted molar refractivity (Wildman–Crippen MR) is 121 cm³/mol. The molecule has 0 bridgehead atoms. The van der Waals surface area contributed by atoms with Crippen LogP contribution in [-0.4, -0.2) is 28.0 Å². The molecule has 0 unspecified atom stereocenters. The maximum absolute atomic E-state index is 6.36. The molecular weight excluding hydrogens is 407 g/mol. The van der Waals surface area contributed by atoms with Gasteiger partial charge in [-0.2, -0.15) is 0 Å². The van der Waals surface area contributed by atoms with Crippen LogP contribution in [0.2, 0.25) is 10.0 Å². The molecule has 29 heavy (non-hydrogen) atoms. The fourth-order valence-corrected chi connectivity index (χ4v) is 3.42. The second-order valence-corrected chi connectivity index (χ2v) is 7.18. The summed E-state index contributed by atoms with van der Waals surface area (Å²) in [5, 5.41) is 8.58. The van der Waals surface area contributed by atoms with Crippen LogP contribution in [0.15, 0.2) is 60.8 Å². The van der Waals surface area contributed by atoms with Gasteiger partial charge in [-0.1, -0.05) is 35.3 Å². The van der Waals surface area contributed by atoms with E-state index in [2.05, 4.69) is 20.6 Å². The molecule has 146 valence electrons. The van der Waals surface area contributed by atoms with Gasteiger partial charge in [-0.15, -0.1) is 0 Å². The molecular formula is C21H18Cl2N6. The van der Waals surface area contributed by atoms with E-state index in [0.717, 1.165) is 22.3 Å². The van der Waals surface area contributed by atoms with Crippen LogP contribution in [0, 0.1) is 0 Å². The number of nitrogen functional groups attached to an aromatic ring is 1. The van der Waals surface area contributed by atoms with Gasteiger partial charge in [0.1, 0.15) is 11.6 Å². The molecule has 4 rings (SSSR count). The van der Waals surface area contributed by atoms with Gasteiger partial charge < -0.3 is 16.4 Å². The highest BCUT2D eigenvalue weighted by Crippen LogP contribution is 2.31. The second-order valence-electron chi connectivity index (χ2n) is 6.33. The van der Waals surface area contributed by atoms with Gasteiger partial charge in [0.2, 0.25) is 0 Å². The van der Waals surface area contributed by atoms with Crippen molar-refractivity contribution >= 4 is 51.4 Å². The SMILES string of the molecule is Nc1cccnc1NCCNc1nc(-c2ccc(Cl)cc2Cl)nc2ccccc12. The Morgan fingerprint density at radius 2 is 1.66 bits per heavy atom. The van der Waals surface area contributed by atoms with E-state index < -0.39 is 0 Å². The highest BCUT2D eigenvalue weighted by molar-refractivity contribution is 6.36. The number of pyridine rings is 1. The van der Waals surface area contributed by atoms with Crippen molar-refractivity contribution in [1.82, 2.24) is 15.0 Å². The van der Waals surface area contributed by atoms with Gasteiger partial charge >= 0.3 is 0 Å². The molecule has 0 aliphatic carbocycles. The van der Waals surface area contributed by atoms with Crippen LogP contribution in [-0.2, 0) is 0 Å². The Morgan fingerprint density at radius 3 is 2.45 bits per heavy atom. The van der Waals surface area contributed by atoms with Crippen molar-refractivity contribution in [2.75, 3.05) is 29.5 Å². The molecule has 0 fully saturated rings. The summed E-state index contributed by atoms with van der Waals surface area (Å²) in [5.74, 6) is 1.93. The Bertz CT molecular complexity index is 1160. The number of benzene rings is 2. The van der Waals surface area contributed by atoms with Crippen LogP contribution in [0.1, 0.15) is 0 Å². The lowest BCUT2D eigenvalue weighted by molar-refractivity contribution is 1.05. The minimum absolute atomic E-state index is 0.506. The average Bonchev–Trinajstić information content (AvgIpc) is 2.72. The minimum atomic E-state index is 0.506. The predicted octanol–water partition coefficient (Wildman–Crippen LogP) is 5.10. The lowest BCUT2D eigenvalue weighted by Crippen LogP contribution is -2.16. The zero-order chi connectivity index (χ0) is 20.2. The van der Waals surface area contributed by atoms with Crippen LogP contribution >= 0.6 is 23.2 Å². The summed E-state index contributed by atoms with van der Waals surface area (Å²) in [4.78, 5) is 13.6. The number of aromatic nitrogens is 3. The van der Waals surface area contributed by atoms with Gasteiger partial charge in [-0.3, -0.25) is 0 Å². The molecule has 0 aliphatic rings. The Hall–Kier alpha value is -3.09. The van der Waals surface area contributed by atoms with Crippen molar-refractivity contribution in [3.8, 4) is 11.4 Å². The Balaban J connectivity index is 1.58. The molecule has 0 radical (unpaired) electrons. The molecule has 0 saturated carbocycles. The molecule has 4 N–H and O–H groups in total. The van der Waals surface area contributed by atoms with Crippen molar-refractivity contribution in [3.05, 3.63) is 70.8 Å². The lowest BCUT2D eigenvalue weighted by Gasteiger charge is -2.13. The second kappa shape index (κ2) is 8.51. The van der Waals surface area contributed by atoms with E-state index in [0.29, 0.717) is 40.5 Å². The summed E-state index contributed by atoms with van der Waals surface area (Å²) >= 11 is 12.4. The highest BCUT2D eigenvalue weighted by atomic mass is 35.5. The molecule has 4 aromatic rings. The molecule has 0 amide bonds. The third-order valence-electron chi connectivity index (χ3n) is 4.32. The minimum Gasteiger partial charge on any atom is -0.396 e. The first-order valence-electron chi connectivity index (χ1n) is 9.02. The number of hydrogen-bond acceptors (Lipinski definition) is 6. The van der Waals surface area contributed by atoms with Crippen molar-refractivity contribution in [3.63, 3.8) is 0 Å². The van der Waals surface area contributed by atoms with E-state index >= 15 is 0 Å². The maximum Gasteiger partial charge on any atom is 0.163 e. The van der Waals surface area contributed by atoms with E-state index in [1.54, 1.807) is 24.4 Å². The van der Waals surface area contributed by atoms with Gasteiger partial charge in [0.05, 0.1) is 16.2 Å². The summed E-state index contributed by atoms with van der Waals surface area (Å²) in [6, 6.07) is 16.7. The average molecular weight is 425 g/mol. The number of nitrogens with one attached hydrogen (secondary N) is 2. The Morgan fingerprint density at radius 1 is 0.862 bits per heavy atom. The standard InChI is InChI=1S/C21H18Cl2N6/c22-13-7-8-14(16(23)12-13)20-28-18-6-2-1-4-15(18)19(29-20)26-10-11-27-21-17(24)5-3-9-25-21/h1-9,12H,10-11,24H2,(H,25,27)(H,26,28,29). The van der Waals surface area contributed by atoms with E-state index in [-0.39, 0.29) is 0 Å². The fraction of sp³-hybridized carbons (Fsp3) is 0.0952. The zero-order valence-electron chi connectivity index (χ0n) is 15.4. The Kier molecular flexibility index (Phi) is 5.64. The van der Waals surface area contributed by atoms with Gasteiger partial charge in [0.25, 0.3) is 0 Å². The van der Waals surface area contributed by atoms with Crippen LogP contribution < -0.4 is 16.4 Å². The first kappa shape index (κ1) is 19.2. The van der Waals surface area contributed by atoms with E-state index in [4.69, 9.17) is 33.9 Å².